The molecule has 0 saturated heterocycles. The molecular weight excluding hydrogens is 446 g/mol. The van der Waals surface area contributed by atoms with Crippen LogP contribution >= 0.6 is 11.3 Å². The third-order valence-electron chi connectivity index (χ3n) is 4.93. The number of rotatable bonds is 7. The smallest absolute Gasteiger partial charge is 0.308 e. The SMILES string of the molecule is CCn1c(=O)sc2cc(NC(=O)CN(c3ccccc3)S(=O)(=O)c3ccccc3)ccc21. The molecule has 1 aromatic heterocycles. The first kappa shape index (κ1) is 21.8. The number of carbonyl (C=O) groups is 1. The second-order valence-electron chi connectivity index (χ2n) is 7.00. The van der Waals surface area contributed by atoms with Crippen molar-refractivity contribution in [3.63, 3.8) is 0 Å². The molecule has 0 aliphatic heterocycles. The van der Waals surface area contributed by atoms with Gasteiger partial charge in [0.15, 0.2) is 0 Å². The molecule has 3 aromatic carbocycles. The number of aryl methyl sites for hydroxylation is 1. The van der Waals surface area contributed by atoms with Gasteiger partial charge in [-0.3, -0.25) is 18.5 Å². The summed E-state index contributed by atoms with van der Waals surface area (Å²) in [6, 6.07) is 21.7. The van der Waals surface area contributed by atoms with E-state index in [0.29, 0.717) is 17.9 Å². The van der Waals surface area contributed by atoms with Gasteiger partial charge in [-0.25, -0.2) is 8.42 Å². The minimum atomic E-state index is -3.95. The predicted octanol–water partition coefficient (Wildman–Crippen LogP) is 3.92. The molecule has 1 amide bonds. The number of nitrogens with zero attached hydrogens (tertiary/aromatic N) is 2. The van der Waals surface area contributed by atoms with Crippen molar-refractivity contribution in [2.24, 2.45) is 0 Å². The topological polar surface area (TPSA) is 88.5 Å². The molecule has 4 rings (SSSR count). The van der Waals surface area contributed by atoms with Crippen molar-refractivity contribution in [1.82, 2.24) is 4.57 Å². The van der Waals surface area contributed by atoms with Gasteiger partial charge in [-0.15, -0.1) is 0 Å². The Balaban J connectivity index is 1.62. The van der Waals surface area contributed by atoms with E-state index >= 15 is 0 Å². The monoisotopic (exact) mass is 467 g/mol. The zero-order chi connectivity index (χ0) is 22.7. The van der Waals surface area contributed by atoms with E-state index in [-0.39, 0.29) is 9.77 Å². The summed E-state index contributed by atoms with van der Waals surface area (Å²) in [6.45, 7) is 2.06. The molecule has 0 fully saturated rings. The van der Waals surface area contributed by atoms with Crippen LogP contribution in [0.2, 0.25) is 0 Å². The molecular formula is C23H21N3O4S2. The van der Waals surface area contributed by atoms with Crippen LogP contribution in [0.15, 0.2) is 88.6 Å². The van der Waals surface area contributed by atoms with Crippen LogP contribution < -0.4 is 14.5 Å². The first-order valence-electron chi connectivity index (χ1n) is 9.96. The zero-order valence-electron chi connectivity index (χ0n) is 17.3. The average molecular weight is 468 g/mol. The van der Waals surface area contributed by atoms with Gasteiger partial charge in [0.1, 0.15) is 6.54 Å². The summed E-state index contributed by atoms with van der Waals surface area (Å²) in [7, 11) is -3.95. The molecule has 0 unspecified atom stereocenters. The van der Waals surface area contributed by atoms with E-state index < -0.39 is 22.5 Å². The van der Waals surface area contributed by atoms with Crippen molar-refractivity contribution < 1.29 is 13.2 Å². The van der Waals surface area contributed by atoms with Gasteiger partial charge in [-0.2, -0.15) is 0 Å². The van der Waals surface area contributed by atoms with Crippen molar-refractivity contribution in [2.45, 2.75) is 18.4 Å². The number of anilines is 2. The van der Waals surface area contributed by atoms with Gasteiger partial charge in [0.05, 0.1) is 20.8 Å². The number of hydrogen-bond acceptors (Lipinski definition) is 5. The molecule has 0 bridgehead atoms. The predicted molar refractivity (Wildman–Crippen MR) is 128 cm³/mol. The Morgan fingerprint density at radius 3 is 2.31 bits per heavy atom. The van der Waals surface area contributed by atoms with E-state index in [1.807, 2.05) is 6.92 Å². The lowest BCUT2D eigenvalue weighted by Gasteiger charge is -2.24. The number of hydrogen-bond donors (Lipinski definition) is 1. The third-order valence-corrected chi connectivity index (χ3v) is 7.66. The fourth-order valence-corrected chi connectivity index (χ4v) is 5.84. The maximum Gasteiger partial charge on any atom is 0.308 e. The third kappa shape index (κ3) is 4.30. The summed E-state index contributed by atoms with van der Waals surface area (Å²) in [6.07, 6.45) is 0. The average Bonchev–Trinajstić information content (AvgIpc) is 3.12. The Labute approximate surface area is 189 Å². The summed E-state index contributed by atoms with van der Waals surface area (Å²) >= 11 is 1.11. The van der Waals surface area contributed by atoms with E-state index in [4.69, 9.17) is 0 Å². The molecule has 0 radical (unpaired) electrons. The molecule has 32 heavy (non-hydrogen) atoms. The van der Waals surface area contributed by atoms with Crippen LogP contribution in [-0.4, -0.2) is 25.4 Å². The Bertz CT molecular complexity index is 1410. The van der Waals surface area contributed by atoms with Crippen LogP contribution in [0.25, 0.3) is 10.2 Å². The largest absolute Gasteiger partial charge is 0.324 e. The lowest BCUT2D eigenvalue weighted by Crippen LogP contribution is -2.38. The molecule has 4 aromatic rings. The van der Waals surface area contributed by atoms with Crippen molar-refractivity contribution in [3.05, 3.63) is 88.5 Å². The minimum Gasteiger partial charge on any atom is -0.324 e. The van der Waals surface area contributed by atoms with Crippen molar-refractivity contribution in [2.75, 3.05) is 16.2 Å². The van der Waals surface area contributed by atoms with Gasteiger partial charge in [0.2, 0.25) is 5.91 Å². The first-order valence-corrected chi connectivity index (χ1v) is 12.2. The normalized spacial score (nSPS) is 11.4. The quantitative estimate of drug-likeness (QED) is 0.446. The number of para-hydroxylation sites is 1. The second-order valence-corrected chi connectivity index (χ2v) is 9.86. The van der Waals surface area contributed by atoms with Crippen molar-refractivity contribution >= 4 is 48.9 Å². The summed E-state index contributed by atoms with van der Waals surface area (Å²) in [5.74, 6) is -0.491. The van der Waals surface area contributed by atoms with E-state index in [2.05, 4.69) is 5.32 Å². The number of sulfonamides is 1. The van der Waals surface area contributed by atoms with Crippen LogP contribution in [-0.2, 0) is 21.4 Å². The standard InChI is InChI=1S/C23H21N3O4S2/c1-2-25-20-14-13-17(15-21(20)31-23(25)28)24-22(27)16-26(18-9-5-3-6-10-18)32(29,30)19-11-7-4-8-12-19/h3-15H,2,16H2,1H3,(H,24,27). The number of carbonyl (C=O) groups excluding carboxylic acids is 1. The van der Waals surface area contributed by atoms with E-state index in [0.717, 1.165) is 25.9 Å². The highest BCUT2D eigenvalue weighted by Crippen LogP contribution is 2.25. The fraction of sp³-hybridized carbons (Fsp3) is 0.130. The lowest BCUT2D eigenvalue weighted by molar-refractivity contribution is -0.114. The van der Waals surface area contributed by atoms with E-state index in [9.17, 15) is 18.0 Å². The Hall–Kier alpha value is -3.43. The molecule has 9 heteroatoms. The zero-order valence-corrected chi connectivity index (χ0v) is 18.9. The maximum absolute atomic E-state index is 13.3. The molecule has 164 valence electrons. The molecule has 0 spiro atoms. The van der Waals surface area contributed by atoms with Crippen LogP contribution in [0.1, 0.15) is 6.92 Å². The highest BCUT2D eigenvalue weighted by Gasteiger charge is 2.27. The summed E-state index contributed by atoms with van der Waals surface area (Å²) in [4.78, 5) is 25.0. The minimum absolute atomic E-state index is 0.0600. The summed E-state index contributed by atoms with van der Waals surface area (Å²) in [5.41, 5.74) is 1.69. The van der Waals surface area contributed by atoms with Crippen molar-refractivity contribution in [1.29, 1.82) is 0 Å². The van der Waals surface area contributed by atoms with Gasteiger partial charge in [-0.05, 0) is 49.4 Å². The molecule has 1 N–H and O–H groups in total. The number of aromatic nitrogens is 1. The number of fused-ring (bicyclic) bond motifs is 1. The molecule has 1 heterocycles. The van der Waals surface area contributed by atoms with Gasteiger partial charge < -0.3 is 5.32 Å². The lowest BCUT2D eigenvalue weighted by atomic mass is 10.3. The van der Waals surface area contributed by atoms with E-state index in [1.165, 1.54) is 12.1 Å². The Morgan fingerprint density at radius 2 is 1.66 bits per heavy atom. The fourth-order valence-electron chi connectivity index (χ4n) is 3.40. The van der Waals surface area contributed by atoms with Gasteiger partial charge in [0.25, 0.3) is 10.0 Å². The van der Waals surface area contributed by atoms with Gasteiger partial charge >= 0.3 is 4.87 Å². The Kier molecular flexibility index (Phi) is 6.11. The van der Waals surface area contributed by atoms with E-state index in [1.54, 1.807) is 71.3 Å². The van der Waals surface area contributed by atoms with Crippen molar-refractivity contribution in [3.8, 4) is 0 Å². The van der Waals surface area contributed by atoms with Crippen LogP contribution in [0, 0.1) is 0 Å². The molecule has 7 nitrogen and oxygen atoms in total. The molecule has 0 atom stereocenters. The first-order chi connectivity index (χ1) is 15.4. The molecule has 0 aliphatic carbocycles. The number of benzene rings is 3. The highest BCUT2D eigenvalue weighted by molar-refractivity contribution is 7.92. The number of nitrogens with one attached hydrogen (secondary N) is 1. The van der Waals surface area contributed by atoms with Gasteiger partial charge in [-0.1, -0.05) is 47.7 Å². The number of amides is 1. The highest BCUT2D eigenvalue weighted by atomic mass is 32.2. The summed E-state index contributed by atoms with van der Waals surface area (Å²) in [5, 5.41) is 2.75. The van der Waals surface area contributed by atoms with Crippen LogP contribution in [0.3, 0.4) is 0 Å². The molecule has 0 aliphatic rings. The van der Waals surface area contributed by atoms with Crippen LogP contribution in [0.4, 0.5) is 11.4 Å². The summed E-state index contributed by atoms with van der Waals surface area (Å²) < 4.78 is 30.1. The van der Waals surface area contributed by atoms with Gasteiger partial charge in [0, 0.05) is 12.2 Å². The Morgan fingerprint density at radius 1 is 1.00 bits per heavy atom. The van der Waals surface area contributed by atoms with Crippen LogP contribution in [0.5, 0.6) is 0 Å². The second kappa shape index (κ2) is 8.97. The maximum atomic E-state index is 13.3. The molecule has 0 saturated carbocycles. The number of thiazole rings is 1.